The van der Waals surface area contributed by atoms with Gasteiger partial charge in [0.25, 0.3) is 5.56 Å². The van der Waals surface area contributed by atoms with Crippen LogP contribution in [0.15, 0.2) is 53.3 Å². The number of rotatable bonds is 4. The number of fused-ring (bicyclic) bond motifs is 1. The Kier molecular flexibility index (Phi) is 4.94. The van der Waals surface area contributed by atoms with E-state index in [1.54, 1.807) is 0 Å². The summed E-state index contributed by atoms with van der Waals surface area (Å²) in [4.78, 5) is 29.6. The molecule has 0 spiro atoms. The molecule has 0 aliphatic rings. The van der Waals surface area contributed by atoms with Gasteiger partial charge in [-0.25, -0.2) is 14.1 Å². The number of nitrogens with one attached hydrogen (secondary N) is 1. The number of carbonyl (C=O) groups excluding carboxylic acids is 1. The quantitative estimate of drug-likeness (QED) is 0.555. The second-order valence-electron chi connectivity index (χ2n) is 6.64. The molecule has 1 amide bonds. The number of anilines is 1. The minimum Gasteiger partial charge on any atom is -0.324 e. The average Bonchev–Trinajstić information content (AvgIpc) is 3.09. The smallest absolute Gasteiger partial charge is 0.294 e. The predicted molar refractivity (Wildman–Crippen MR) is 112 cm³/mol. The van der Waals surface area contributed by atoms with Gasteiger partial charge in [-0.3, -0.25) is 9.59 Å². The summed E-state index contributed by atoms with van der Waals surface area (Å²) in [5, 5.41) is 7.86. The maximum atomic E-state index is 13.0. The second kappa shape index (κ2) is 7.56. The number of hydrogen-bond donors (Lipinski definition) is 1. The molecule has 1 N–H and O–H groups in total. The molecule has 2 heterocycles. The zero-order valence-electron chi connectivity index (χ0n) is 15.8. The van der Waals surface area contributed by atoms with E-state index in [4.69, 9.17) is 0 Å². The first-order chi connectivity index (χ1) is 13.9. The highest BCUT2D eigenvalue weighted by molar-refractivity contribution is 7.19. The van der Waals surface area contributed by atoms with Crippen LogP contribution < -0.4 is 10.9 Å². The van der Waals surface area contributed by atoms with E-state index in [2.05, 4.69) is 15.4 Å². The standard InChI is InChI=1S/C21H17FN4O2S/c1-12-3-5-14(6-4-12)18-20-19(23-13(2)29-20)21(28)26(25-18)11-17(27)24-16-9-7-15(22)8-10-16/h3-10H,11H2,1-2H3,(H,24,27). The molecule has 0 saturated heterocycles. The van der Waals surface area contributed by atoms with Crippen LogP contribution in [0, 0.1) is 19.7 Å². The van der Waals surface area contributed by atoms with Gasteiger partial charge in [0.1, 0.15) is 18.1 Å². The van der Waals surface area contributed by atoms with Crippen molar-refractivity contribution in [2.45, 2.75) is 20.4 Å². The topological polar surface area (TPSA) is 76.9 Å². The fourth-order valence-corrected chi connectivity index (χ4v) is 3.86. The van der Waals surface area contributed by atoms with Crippen LogP contribution in [0.2, 0.25) is 0 Å². The molecule has 0 atom stereocenters. The van der Waals surface area contributed by atoms with Crippen LogP contribution in [0.25, 0.3) is 21.5 Å². The van der Waals surface area contributed by atoms with Crippen molar-refractivity contribution in [1.29, 1.82) is 0 Å². The fourth-order valence-electron chi connectivity index (χ4n) is 2.94. The van der Waals surface area contributed by atoms with Crippen molar-refractivity contribution in [3.8, 4) is 11.3 Å². The molecule has 0 aliphatic heterocycles. The Morgan fingerprint density at radius 2 is 1.79 bits per heavy atom. The van der Waals surface area contributed by atoms with E-state index in [-0.39, 0.29) is 6.54 Å². The first-order valence-corrected chi connectivity index (χ1v) is 9.73. The summed E-state index contributed by atoms with van der Waals surface area (Å²) in [5.41, 5.74) is 2.88. The van der Waals surface area contributed by atoms with E-state index in [1.807, 2.05) is 38.1 Å². The van der Waals surface area contributed by atoms with E-state index in [0.29, 0.717) is 21.6 Å². The molecule has 2 aromatic carbocycles. The Balaban J connectivity index is 1.73. The third-order valence-electron chi connectivity index (χ3n) is 4.35. The van der Waals surface area contributed by atoms with Gasteiger partial charge in [-0.2, -0.15) is 5.10 Å². The maximum absolute atomic E-state index is 13.0. The molecule has 146 valence electrons. The predicted octanol–water partition coefficient (Wildman–Crippen LogP) is 3.91. The van der Waals surface area contributed by atoms with Gasteiger partial charge >= 0.3 is 0 Å². The summed E-state index contributed by atoms with van der Waals surface area (Å²) in [6, 6.07) is 13.2. The lowest BCUT2D eigenvalue weighted by Gasteiger charge is -2.09. The Bertz CT molecular complexity index is 1260. The van der Waals surface area contributed by atoms with E-state index in [0.717, 1.165) is 20.8 Å². The minimum atomic E-state index is -0.438. The van der Waals surface area contributed by atoms with Crippen molar-refractivity contribution >= 4 is 33.1 Å². The molecule has 0 bridgehead atoms. The number of nitrogens with zero attached hydrogens (tertiary/aromatic N) is 3. The number of aromatic nitrogens is 3. The molecule has 6 nitrogen and oxygen atoms in total. The molecule has 29 heavy (non-hydrogen) atoms. The largest absolute Gasteiger partial charge is 0.324 e. The first kappa shape index (κ1) is 18.9. The summed E-state index contributed by atoms with van der Waals surface area (Å²) in [7, 11) is 0. The molecule has 0 fully saturated rings. The molecule has 2 aromatic heterocycles. The Labute approximate surface area is 169 Å². The van der Waals surface area contributed by atoms with Crippen molar-refractivity contribution in [1.82, 2.24) is 14.8 Å². The molecule has 0 unspecified atom stereocenters. The van der Waals surface area contributed by atoms with Gasteiger partial charge in [-0.15, -0.1) is 11.3 Å². The number of carbonyl (C=O) groups is 1. The SMILES string of the molecule is Cc1ccc(-c2nn(CC(=O)Nc3ccc(F)cc3)c(=O)c3nc(C)sc23)cc1. The molecule has 0 aliphatic carbocycles. The maximum Gasteiger partial charge on any atom is 0.294 e. The van der Waals surface area contributed by atoms with Crippen LogP contribution in [0.5, 0.6) is 0 Å². The van der Waals surface area contributed by atoms with Crippen LogP contribution in [0.3, 0.4) is 0 Å². The summed E-state index contributed by atoms with van der Waals surface area (Å²) >= 11 is 1.40. The van der Waals surface area contributed by atoms with Crippen LogP contribution >= 0.6 is 11.3 Å². The monoisotopic (exact) mass is 408 g/mol. The molecular weight excluding hydrogens is 391 g/mol. The summed E-state index contributed by atoms with van der Waals surface area (Å²) < 4.78 is 14.9. The third kappa shape index (κ3) is 3.93. The van der Waals surface area contributed by atoms with Crippen molar-refractivity contribution in [3.63, 3.8) is 0 Å². The molecule has 4 aromatic rings. The van der Waals surface area contributed by atoms with Crippen molar-refractivity contribution < 1.29 is 9.18 Å². The van der Waals surface area contributed by atoms with Crippen LogP contribution in [0.1, 0.15) is 10.6 Å². The van der Waals surface area contributed by atoms with Gasteiger partial charge < -0.3 is 5.32 Å². The van der Waals surface area contributed by atoms with E-state index >= 15 is 0 Å². The Morgan fingerprint density at radius 1 is 1.10 bits per heavy atom. The van der Waals surface area contributed by atoms with Crippen molar-refractivity contribution in [2.24, 2.45) is 0 Å². The summed E-state index contributed by atoms with van der Waals surface area (Å²) in [6.45, 7) is 3.54. The van der Waals surface area contributed by atoms with E-state index in [9.17, 15) is 14.0 Å². The number of aryl methyl sites for hydroxylation is 2. The summed E-state index contributed by atoms with van der Waals surface area (Å²) in [5.74, 6) is -0.833. The highest BCUT2D eigenvalue weighted by Crippen LogP contribution is 2.29. The lowest BCUT2D eigenvalue weighted by Crippen LogP contribution is -2.30. The number of amides is 1. The normalized spacial score (nSPS) is 11.0. The van der Waals surface area contributed by atoms with Gasteiger partial charge in [0.15, 0.2) is 5.52 Å². The zero-order chi connectivity index (χ0) is 20.5. The van der Waals surface area contributed by atoms with Gasteiger partial charge in [-0.05, 0) is 38.1 Å². The van der Waals surface area contributed by atoms with Gasteiger partial charge in [-0.1, -0.05) is 29.8 Å². The zero-order valence-corrected chi connectivity index (χ0v) is 16.6. The Hall–Kier alpha value is -3.39. The third-order valence-corrected chi connectivity index (χ3v) is 5.33. The van der Waals surface area contributed by atoms with Gasteiger partial charge in [0, 0.05) is 11.3 Å². The van der Waals surface area contributed by atoms with Gasteiger partial charge in [0.2, 0.25) is 5.91 Å². The molecule has 0 radical (unpaired) electrons. The minimum absolute atomic E-state index is 0.276. The molecule has 0 saturated carbocycles. The van der Waals surface area contributed by atoms with Crippen LogP contribution in [-0.2, 0) is 11.3 Å². The van der Waals surface area contributed by atoms with Crippen molar-refractivity contribution in [2.75, 3.05) is 5.32 Å². The average molecular weight is 408 g/mol. The lowest BCUT2D eigenvalue weighted by atomic mass is 10.1. The van der Waals surface area contributed by atoms with E-state index < -0.39 is 17.3 Å². The first-order valence-electron chi connectivity index (χ1n) is 8.91. The molecule has 8 heteroatoms. The van der Waals surface area contributed by atoms with Crippen molar-refractivity contribution in [3.05, 3.63) is 75.3 Å². The number of benzene rings is 2. The molecule has 4 rings (SSSR count). The number of thiazole rings is 1. The fraction of sp³-hybridized carbons (Fsp3) is 0.143. The number of hydrogen-bond acceptors (Lipinski definition) is 5. The lowest BCUT2D eigenvalue weighted by molar-refractivity contribution is -0.117. The Morgan fingerprint density at radius 3 is 2.48 bits per heavy atom. The molecular formula is C21H17FN4O2S. The number of halogens is 1. The summed E-state index contributed by atoms with van der Waals surface area (Å²) in [6.07, 6.45) is 0. The highest BCUT2D eigenvalue weighted by atomic mass is 32.1. The van der Waals surface area contributed by atoms with Crippen LogP contribution in [-0.4, -0.2) is 20.7 Å². The van der Waals surface area contributed by atoms with Gasteiger partial charge in [0.05, 0.1) is 9.71 Å². The van der Waals surface area contributed by atoms with Crippen LogP contribution in [0.4, 0.5) is 10.1 Å². The van der Waals surface area contributed by atoms with E-state index in [1.165, 1.54) is 35.6 Å². The second-order valence-corrected chi connectivity index (χ2v) is 7.85. The highest BCUT2D eigenvalue weighted by Gasteiger charge is 2.18.